The van der Waals surface area contributed by atoms with Crippen LogP contribution >= 0.6 is 0 Å². The lowest BCUT2D eigenvalue weighted by atomic mass is 9.94. The first-order valence-corrected chi connectivity index (χ1v) is 11.8. The number of rotatable bonds is 10. The molecular weight excluding hydrogens is 499 g/mol. The van der Waals surface area contributed by atoms with Gasteiger partial charge in [0.2, 0.25) is 5.82 Å². The van der Waals surface area contributed by atoms with Gasteiger partial charge in [0.05, 0.1) is 18.7 Å². The van der Waals surface area contributed by atoms with Crippen molar-refractivity contribution >= 4 is 5.97 Å². The van der Waals surface area contributed by atoms with Crippen LogP contribution in [0.1, 0.15) is 16.7 Å². The quantitative estimate of drug-likeness (QED) is 0.275. The third-order valence-electron chi connectivity index (χ3n) is 6.02. The average Bonchev–Trinajstić information content (AvgIpc) is 3.37. The molecule has 0 aliphatic heterocycles. The number of hydrogen-bond donors (Lipinski definition) is 1. The van der Waals surface area contributed by atoms with E-state index in [-0.39, 0.29) is 29.4 Å². The summed E-state index contributed by atoms with van der Waals surface area (Å²) in [4.78, 5) is 17.2. The number of ether oxygens (including phenoxy) is 1. The lowest BCUT2D eigenvalue weighted by Crippen LogP contribution is -2.32. The van der Waals surface area contributed by atoms with Gasteiger partial charge in [-0.3, -0.25) is 9.69 Å². The number of carbonyl (C=O) groups is 1. The second-order valence-corrected chi connectivity index (χ2v) is 8.79. The molecule has 4 aromatic rings. The number of aliphatic carboxylic acids is 1. The fourth-order valence-electron chi connectivity index (χ4n) is 4.12. The van der Waals surface area contributed by atoms with Gasteiger partial charge in [-0.1, -0.05) is 59.8 Å². The largest absolute Gasteiger partial charge is 0.480 e. The maximum atomic E-state index is 14.0. The van der Waals surface area contributed by atoms with Gasteiger partial charge in [0.25, 0.3) is 5.89 Å². The molecule has 1 N–H and O–H groups in total. The monoisotopic (exact) mass is 525 g/mol. The van der Waals surface area contributed by atoms with Crippen molar-refractivity contribution in [2.75, 3.05) is 26.8 Å². The highest BCUT2D eigenvalue weighted by molar-refractivity contribution is 5.74. The van der Waals surface area contributed by atoms with E-state index < -0.39 is 17.7 Å². The van der Waals surface area contributed by atoms with E-state index in [1.165, 1.54) is 12.1 Å². The number of methoxy groups -OCH3 is 1. The molecule has 4 rings (SSSR count). The molecule has 0 spiro atoms. The molecule has 1 heterocycles. The lowest BCUT2D eigenvalue weighted by molar-refractivity contribution is -0.139. The molecule has 0 aliphatic rings. The van der Waals surface area contributed by atoms with Crippen LogP contribution in [0.15, 0.2) is 71.3 Å². The van der Waals surface area contributed by atoms with Gasteiger partial charge in [-0.05, 0) is 41.3 Å². The Morgan fingerprint density at radius 2 is 1.74 bits per heavy atom. The van der Waals surface area contributed by atoms with Crippen LogP contribution in [0.3, 0.4) is 0 Å². The van der Waals surface area contributed by atoms with Crippen molar-refractivity contribution in [3.8, 4) is 34.0 Å². The maximum absolute atomic E-state index is 14.0. The van der Waals surface area contributed by atoms with E-state index in [1.807, 2.05) is 12.1 Å². The Morgan fingerprint density at radius 3 is 2.39 bits per heavy atom. The number of hydrogen-bond acceptors (Lipinski definition) is 6. The molecule has 0 saturated heterocycles. The van der Waals surface area contributed by atoms with Crippen molar-refractivity contribution in [3.63, 3.8) is 0 Å². The number of aryl methyl sites for hydroxylation is 1. The van der Waals surface area contributed by atoms with E-state index in [1.54, 1.807) is 55.3 Å². The Labute approximate surface area is 217 Å². The van der Waals surface area contributed by atoms with E-state index in [0.29, 0.717) is 30.8 Å². The highest BCUT2D eigenvalue weighted by atomic mass is 19.4. The highest BCUT2D eigenvalue weighted by Crippen LogP contribution is 2.40. The third-order valence-corrected chi connectivity index (χ3v) is 6.02. The molecule has 10 heteroatoms. The van der Waals surface area contributed by atoms with Crippen LogP contribution in [0, 0.1) is 6.92 Å². The number of carboxylic acid groups (broad SMARTS) is 1. The summed E-state index contributed by atoms with van der Waals surface area (Å²) in [6.07, 6.45) is -4.58. The van der Waals surface area contributed by atoms with Gasteiger partial charge in [-0.25, -0.2) is 0 Å². The summed E-state index contributed by atoms with van der Waals surface area (Å²) < 4.78 is 52.3. The number of benzene rings is 3. The fourth-order valence-corrected chi connectivity index (χ4v) is 4.12. The maximum Gasteiger partial charge on any atom is 0.417 e. The van der Waals surface area contributed by atoms with Crippen LogP contribution in [0.5, 0.6) is 0 Å². The third kappa shape index (κ3) is 6.45. The molecule has 0 amide bonds. The van der Waals surface area contributed by atoms with Gasteiger partial charge >= 0.3 is 12.1 Å². The topological polar surface area (TPSA) is 88.7 Å². The van der Waals surface area contributed by atoms with Crippen molar-refractivity contribution in [1.82, 2.24) is 15.0 Å². The van der Waals surface area contributed by atoms with Crippen LogP contribution in [0.2, 0.25) is 0 Å². The van der Waals surface area contributed by atoms with Crippen LogP contribution in [0.4, 0.5) is 13.2 Å². The van der Waals surface area contributed by atoms with E-state index in [2.05, 4.69) is 10.1 Å². The summed E-state index contributed by atoms with van der Waals surface area (Å²) in [5.74, 6) is -0.736. The molecule has 0 saturated carbocycles. The van der Waals surface area contributed by atoms with Crippen molar-refractivity contribution in [2.45, 2.75) is 19.6 Å². The number of nitrogens with zero attached hydrogens (tertiary/aromatic N) is 3. The molecule has 7 nitrogen and oxygen atoms in total. The minimum atomic E-state index is -4.58. The van der Waals surface area contributed by atoms with E-state index >= 15 is 0 Å². The minimum Gasteiger partial charge on any atom is -0.480 e. The zero-order valence-corrected chi connectivity index (χ0v) is 20.8. The standard InChI is InChI=1S/C28H26F3N3O4/c1-18-5-3-4-6-22(18)23-12-11-21(15-24(23)28(29,30)31)27-32-26(33-38-27)20-9-7-19(8-10-20)16-34(13-14-37-2)17-25(35)36/h3-12,15H,13-14,16-17H2,1-2H3,(H,35,36). The van der Waals surface area contributed by atoms with Gasteiger partial charge < -0.3 is 14.4 Å². The molecule has 0 bridgehead atoms. The first-order chi connectivity index (χ1) is 18.2. The second-order valence-electron chi connectivity index (χ2n) is 8.79. The number of alkyl halides is 3. The SMILES string of the molecule is COCCN(CC(=O)O)Cc1ccc(-c2noc(-c3ccc(-c4ccccc4C)c(C(F)(F)F)c3)n2)cc1. The molecule has 0 fully saturated rings. The van der Waals surface area contributed by atoms with E-state index in [4.69, 9.17) is 14.4 Å². The summed E-state index contributed by atoms with van der Waals surface area (Å²) in [6, 6.07) is 18.0. The van der Waals surface area contributed by atoms with Crippen LogP contribution in [-0.4, -0.2) is 52.9 Å². The van der Waals surface area contributed by atoms with Crippen LogP contribution in [0.25, 0.3) is 34.0 Å². The highest BCUT2D eigenvalue weighted by Gasteiger charge is 2.34. The molecule has 38 heavy (non-hydrogen) atoms. The van der Waals surface area contributed by atoms with Crippen molar-refractivity contribution in [3.05, 3.63) is 83.4 Å². The van der Waals surface area contributed by atoms with Crippen molar-refractivity contribution in [2.24, 2.45) is 0 Å². The molecular formula is C28H26F3N3O4. The summed E-state index contributed by atoms with van der Waals surface area (Å²) in [7, 11) is 1.55. The zero-order valence-electron chi connectivity index (χ0n) is 20.8. The Kier molecular flexibility index (Phi) is 8.23. The Balaban J connectivity index is 1.57. The second kappa shape index (κ2) is 11.6. The summed E-state index contributed by atoms with van der Waals surface area (Å²) in [6.45, 7) is 2.91. The van der Waals surface area contributed by atoms with Crippen molar-refractivity contribution < 1.29 is 32.3 Å². The first-order valence-electron chi connectivity index (χ1n) is 11.8. The summed E-state index contributed by atoms with van der Waals surface area (Å²) >= 11 is 0. The first kappa shape index (κ1) is 27.0. The van der Waals surface area contributed by atoms with Gasteiger partial charge in [0, 0.05) is 31.3 Å². The molecule has 0 unspecified atom stereocenters. The Hall–Kier alpha value is -4.02. The molecule has 0 atom stereocenters. The smallest absolute Gasteiger partial charge is 0.417 e. The zero-order chi connectivity index (χ0) is 27.3. The van der Waals surface area contributed by atoms with Gasteiger partial charge in [-0.2, -0.15) is 18.2 Å². The molecule has 3 aromatic carbocycles. The molecule has 198 valence electrons. The Bertz CT molecular complexity index is 1400. The van der Waals surface area contributed by atoms with E-state index in [0.717, 1.165) is 17.2 Å². The predicted molar refractivity (Wildman–Crippen MR) is 135 cm³/mol. The summed E-state index contributed by atoms with van der Waals surface area (Å²) in [5.41, 5.74) is 2.17. The van der Waals surface area contributed by atoms with Gasteiger partial charge in [-0.15, -0.1) is 0 Å². The van der Waals surface area contributed by atoms with Crippen LogP contribution in [-0.2, 0) is 22.3 Å². The number of carboxylic acids is 1. The molecule has 0 radical (unpaired) electrons. The Morgan fingerprint density at radius 1 is 1.03 bits per heavy atom. The van der Waals surface area contributed by atoms with Gasteiger partial charge in [0.15, 0.2) is 0 Å². The number of aromatic nitrogens is 2. The number of halogens is 3. The summed E-state index contributed by atoms with van der Waals surface area (Å²) in [5, 5.41) is 13.1. The fraction of sp³-hybridized carbons (Fsp3) is 0.250. The van der Waals surface area contributed by atoms with Gasteiger partial charge in [0.1, 0.15) is 0 Å². The van der Waals surface area contributed by atoms with Crippen molar-refractivity contribution in [1.29, 1.82) is 0 Å². The average molecular weight is 526 g/mol. The predicted octanol–water partition coefficient (Wildman–Crippen LogP) is 5.93. The minimum absolute atomic E-state index is 0.0295. The van der Waals surface area contributed by atoms with E-state index in [9.17, 15) is 18.0 Å². The normalized spacial score (nSPS) is 11.7. The molecule has 0 aliphatic carbocycles. The molecule has 1 aromatic heterocycles. The lowest BCUT2D eigenvalue weighted by Gasteiger charge is -2.19. The van der Waals surface area contributed by atoms with Crippen LogP contribution < -0.4 is 0 Å².